The highest BCUT2D eigenvalue weighted by molar-refractivity contribution is 9.10. The molecular weight excluding hydrogens is 450 g/mol. The molecule has 0 atom stereocenters. The maximum Gasteiger partial charge on any atom is 0.233 e. The Hall–Kier alpha value is -2.98. The minimum absolute atomic E-state index is 0.111. The monoisotopic (exact) mass is 473 g/mol. The van der Waals surface area contributed by atoms with Crippen molar-refractivity contribution in [3.63, 3.8) is 0 Å². The van der Waals surface area contributed by atoms with Crippen LogP contribution in [0.15, 0.2) is 47.2 Å². The van der Waals surface area contributed by atoms with E-state index in [0.717, 1.165) is 17.2 Å². The van der Waals surface area contributed by atoms with Crippen LogP contribution in [0.1, 0.15) is 13.8 Å². The molecule has 30 heavy (non-hydrogen) atoms. The zero-order valence-electron chi connectivity index (χ0n) is 17.2. The number of anilines is 5. The van der Waals surface area contributed by atoms with Crippen LogP contribution in [0.4, 0.5) is 29.1 Å². The summed E-state index contributed by atoms with van der Waals surface area (Å²) in [6.45, 7) is 3.44. The highest BCUT2D eigenvalue weighted by atomic mass is 79.9. The van der Waals surface area contributed by atoms with Gasteiger partial charge in [0.25, 0.3) is 0 Å². The summed E-state index contributed by atoms with van der Waals surface area (Å²) in [6.07, 6.45) is 3.31. The lowest BCUT2D eigenvalue weighted by Gasteiger charge is -2.18. The molecule has 0 unspecified atom stereocenters. The van der Waals surface area contributed by atoms with Crippen molar-refractivity contribution in [2.45, 2.75) is 19.4 Å². The van der Waals surface area contributed by atoms with Crippen molar-refractivity contribution in [1.29, 1.82) is 0 Å². The normalized spacial score (nSPS) is 11.1. The molecule has 3 aromatic rings. The molecule has 0 saturated carbocycles. The van der Waals surface area contributed by atoms with Gasteiger partial charge < -0.3 is 25.4 Å². The van der Waals surface area contributed by atoms with Crippen molar-refractivity contribution < 1.29 is 9.84 Å². The molecule has 2 heterocycles. The van der Waals surface area contributed by atoms with E-state index in [1.807, 2.05) is 49.3 Å². The van der Waals surface area contributed by atoms with Crippen molar-refractivity contribution in [2.75, 3.05) is 36.2 Å². The number of aliphatic hydroxyl groups is 1. The summed E-state index contributed by atoms with van der Waals surface area (Å²) in [5, 5.41) is 16.1. The predicted octanol–water partition coefficient (Wildman–Crippen LogP) is 3.73. The molecule has 0 aliphatic rings. The number of hydrogen-bond acceptors (Lipinski definition) is 9. The standard InChI is InChI=1S/C20H24BrN7O2/c1-20(2,29)12-30-17-15(21)11-23-19(27-17)25-14-7-5-13(6-8-14)24-18-22-10-9-16(26-18)28(3)4/h5-11,29H,12H2,1-4H3,(H,22,24,26)(H,23,25,27). The van der Waals surface area contributed by atoms with Gasteiger partial charge in [-0.3, -0.25) is 0 Å². The fraction of sp³-hybridized carbons (Fsp3) is 0.300. The first-order valence-corrected chi connectivity index (χ1v) is 10.0. The molecule has 1 aromatic carbocycles. The van der Waals surface area contributed by atoms with Crippen LogP contribution in [0.25, 0.3) is 0 Å². The molecule has 0 fully saturated rings. The summed E-state index contributed by atoms with van der Waals surface area (Å²) in [5.41, 5.74) is 0.693. The van der Waals surface area contributed by atoms with E-state index in [4.69, 9.17) is 4.74 Å². The number of ether oxygens (including phenoxy) is 1. The fourth-order valence-electron chi connectivity index (χ4n) is 2.31. The Labute approximate surface area is 183 Å². The van der Waals surface area contributed by atoms with Crippen LogP contribution < -0.4 is 20.3 Å². The van der Waals surface area contributed by atoms with E-state index in [2.05, 4.69) is 46.5 Å². The second-order valence-electron chi connectivity index (χ2n) is 7.41. The van der Waals surface area contributed by atoms with Gasteiger partial charge in [0.2, 0.25) is 17.8 Å². The number of benzene rings is 1. The second kappa shape index (κ2) is 9.23. The molecule has 0 amide bonds. The van der Waals surface area contributed by atoms with E-state index in [9.17, 15) is 5.11 Å². The third-order valence-electron chi connectivity index (χ3n) is 3.77. The number of aromatic nitrogens is 4. The average Bonchev–Trinajstić information content (AvgIpc) is 2.69. The lowest BCUT2D eigenvalue weighted by molar-refractivity contribution is 0.0265. The molecule has 0 radical (unpaired) electrons. The molecule has 9 nitrogen and oxygen atoms in total. The van der Waals surface area contributed by atoms with Gasteiger partial charge in [0.15, 0.2) is 0 Å². The maximum atomic E-state index is 9.83. The number of rotatable bonds is 8. The second-order valence-corrected chi connectivity index (χ2v) is 8.26. The van der Waals surface area contributed by atoms with E-state index >= 15 is 0 Å². The summed E-state index contributed by atoms with van der Waals surface area (Å²) >= 11 is 3.36. The molecule has 0 spiro atoms. The molecular formula is C20H24BrN7O2. The topological polar surface area (TPSA) is 108 Å². The van der Waals surface area contributed by atoms with Gasteiger partial charge in [0.1, 0.15) is 12.4 Å². The molecule has 10 heteroatoms. The molecule has 3 rings (SSSR count). The first kappa shape index (κ1) is 21.7. The number of hydrogen-bond donors (Lipinski definition) is 3. The van der Waals surface area contributed by atoms with Gasteiger partial charge in [0, 0.05) is 31.7 Å². The smallest absolute Gasteiger partial charge is 0.233 e. The Balaban J connectivity index is 1.66. The Kier molecular flexibility index (Phi) is 6.68. The molecule has 0 bridgehead atoms. The third kappa shape index (κ3) is 6.26. The van der Waals surface area contributed by atoms with Gasteiger partial charge in [-0.15, -0.1) is 0 Å². The Morgan fingerprint density at radius 3 is 2.17 bits per heavy atom. The highest BCUT2D eigenvalue weighted by Gasteiger charge is 2.16. The van der Waals surface area contributed by atoms with Crippen LogP contribution in [0, 0.1) is 0 Å². The SMILES string of the molecule is CN(C)c1ccnc(Nc2ccc(Nc3ncc(Br)c(OCC(C)(C)O)n3)cc2)n1. The summed E-state index contributed by atoms with van der Waals surface area (Å²) in [4.78, 5) is 19.2. The summed E-state index contributed by atoms with van der Waals surface area (Å²) in [6, 6.07) is 9.43. The Morgan fingerprint density at radius 2 is 1.60 bits per heavy atom. The zero-order chi connectivity index (χ0) is 21.7. The predicted molar refractivity (Wildman–Crippen MR) is 121 cm³/mol. The van der Waals surface area contributed by atoms with Crippen LogP contribution in [-0.2, 0) is 0 Å². The van der Waals surface area contributed by atoms with E-state index < -0.39 is 5.60 Å². The van der Waals surface area contributed by atoms with Crippen LogP contribution in [-0.4, -0.2) is 51.3 Å². The van der Waals surface area contributed by atoms with Crippen molar-refractivity contribution in [3.05, 3.63) is 47.2 Å². The third-order valence-corrected chi connectivity index (χ3v) is 4.31. The Bertz CT molecular complexity index is 991. The van der Waals surface area contributed by atoms with Gasteiger partial charge in [-0.25, -0.2) is 9.97 Å². The van der Waals surface area contributed by atoms with E-state index in [1.165, 1.54) is 0 Å². The molecule has 0 saturated heterocycles. The summed E-state index contributed by atoms with van der Waals surface area (Å²) in [7, 11) is 3.86. The molecule has 158 valence electrons. The highest BCUT2D eigenvalue weighted by Crippen LogP contribution is 2.25. The van der Waals surface area contributed by atoms with E-state index in [-0.39, 0.29) is 6.61 Å². The molecule has 2 aromatic heterocycles. The zero-order valence-corrected chi connectivity index (χ0v) is 18.8. The van der Waals surface area contributed by atoms with Gasteiger partial charge in [-0.1, -0.05) is 0 Å². The van der Waals surface area contributed by atoms with Crippen molar-refractivity contribution in [3.8, 4) is 5.88 Å². The van der Waals surface area contributed by atoms with Gasteiger partial charge in [0.05, 0.1) is 16.3 Å². The quantitative estimate of drug-likeness (QED) is 0.450. The van der Waals surface area contributed by atoms with Crippen molar-refractivity contribution in [1.82, 2.24) is 19.9 Å². The molecule has 0 aliphatic carbocycles. The summed E-state index contributed by atoms with van der Waals surface area (Å²) < 4.78 is 6.18. The van der Waals surface area contributed by atoms with E-state index in [1.54, 1.807) is 26.2 Å². The van der Waals surface area contributed by atoms with Crippen LogP contribution in [0.5, 0.6) is 5.88 Å². The maximum absolute atomic E-state index is 9.83. The lowest BCUT2D eigenvalue weighted by atomic mass is 10.2. The summed E-state index contributed by atoms with van der Waals surface area (Å²) in [5.74, 6) is 2.07. The number of halogens is 1. The number of nitrogens with one attached hydrogen (secondary N) is 2. The van der Waals surface area contributed by atoms with Gasteiger partial charge >= 0.3 is 0 Å². The van der Waals surface area contributed by atoms with Crippen LogP contribution >= 0.6 is 15.9 Å². The van der Waals surface area contributed by atoms with E-state index in [0.29, 0.717) is 22.2 Å². The van der Waals surface area contributed by atoms with Gasteiger partial charge in [-0.05, 0) is 60.1 Å². The lowest BCUT2D eigenvalue weighted by Crippen LogP contribution is -2.28. The first-order chi connectivity index (χ1) is 14.2. The van der Waals surface area contributed by atoms with Crippen LogP contribution in [0.2, 0.25) is 0 Å². The fourth-order valence-corrected chi connectivity index (χ4v) is 2.62. The minimum atomic E-state index is -0.962. The van der Waals surface area contributed by atoms with Crippen molar-refractivity contribution >= 4 is 45.0 Å². The van der Waals surface area contributed by atoms with Gasteiger partial charge in [-0.2, -0.15) is 9.97 Å². The largest absolute Gasteiger partial charge is 0.474 e. The molecule has 0 aliphatic heterocycles. The average molecular weight is 474 g/mol. The number of nitrogens with zero attached hydrogens (tertiary/aromatic N) is 5. The minimum Gasteiger partial charge on any atom is -0.474 e. The molecule has 3 N–H and O–H groups in total. The van der Waals surface area contributed by atoms with Crippen LogP contribution in [0.3, 0.4) is 0 Å². The van der Waals surface area contributed by atoms with Crippen molar-refractivity contribution in [2.24, 2.45) is 0 Å². The Morgan fingerprint density at radius 1 is 1.00 bits per heavy atom. The first-order valence-electron chi connectivity index (χ1n) is 9.22.